The Bertz CT molecular complexity index is 404. The van der Waals surface area contributed by atoms with Gasteiger partial charge in [0.05, 0.1) is 6.61 Å². The van der Waals surface area contributed by atoms with Crippen LogP contribution in [0, 0.1) is 3.57 Å². The molecule has 1 amide bonds. The first kappa shape index (κ1) is 12.8. The number of carbonyl (C=O) groups is 1. The van der Waals surface area contributed by atoms with Crippen molar-refractivity contribution >= 4 is 28.5 Å². The molecule has 1 fully saturated rings. The Labute approximate surface area is 115 Å². The quantitative estimate of drug-likeness (QED) is 0.768. The molecule has 1 aromatic rings. The molecule has 1 saturated carbocycles. The van der Waals surface area contributed by atoms with Crippen LogP contribution in [0.4, 0.5) is 0 Å². The summed E-state index contributed by atoms with van der Waals surface area (Å²) in [5.41, 5.74) is 0.778. The van der Waals surface area contributed by atoms with Gasteiger partial charge in [-0.15, -0.1) is 0 Å². The SMILES string of the molecule is COCCN(C(=O)c1cccc(I)c1)C1CC1. The predicted octanol–water partition coefficient (Wildman–Crippen LogP) is 2.54. The molecule has 0 aromatic heterocycles. The Morgan fingerprint density at radius 1 is 1.53 bits per heavy atom. The number of hydrogen-bond donors (Lipinski definition) is 0. The lowest BCUT2D eigenvalue weighted by Crippen LogP contribution is -2.35. The molecule has 1 aromatic carbocycles. The molecule has 0 bridgehead atoms. The molecular formula is C13H16INO2. The Hall–Kier alpha value is -0.620. The van der Waals surface area contributed by atoms with Crippen LogP contribution in [-0.4, -0.2) is 37.1 Å². The lowest BCUT2D eigenvalue weighted by molar-refractivity contribution is 0.0680. The molecule has 92 valence electrons. The maximum Gasteiger partial charge on any atom is 0.254 e. The number of hydrogen-bond acceptors (Lipinski definition) is 2. The maximum absolute atomic E-state index is 12.4. The number of amides is 1. The summed E-state index contributed by atoms with van der Waals surface area (Å²) in [6.07, 6.45) is 2.25. The van der Waals surface area contributed by atoms with Crippen LogP contribution in [0.15, 0.2) is 24.3 Å². The molecule has 2 rings (SSSR count). The van der Waals surface area contributed by atoms with Gasteiger partial charge in [0.15, 0.2) is 0 Å². The first-order valence-corrected chi connectivity index (χ1v) is 6.85. The Morgan fingerprint density at radius 2 is 2.29 bits per heavy atom. The van der Waals surface area contributed by atoms with Crippen molar-refractivity contribution in [3.8, 4) is 0 Å². The summed E-state index contributed by atoms with van der Waals surface area (Å²) in [5.74, 6) is 0.128. The van der Waals surface area contributed by atoms with Gasteiger partial charge in [0, 0.05) is 28.8 Å². The molecule has 0 aliphatic heterocycles. The van der Waals surface area contributed by atoms with Crippen LogP contribution in [0.3, 0.4) is 0 Å². The average molecular weight is 345 g/mol. The van der Waals surface area contributed by atoms with E-state index in [1.54, 1.807) is 7.11 Å². The summed E-state index contributed by atoms with van der Waals surface area (Å²) in [6, 6.07) is 8.16. The van der Waals surface area contributed by atoms with Crippen molar-refractivity contribution < 1.29 is 9.53 Å². The normalized spacial score (nSPS) is 14.7. The second kappa shape index (κ2) is 5.82. The molecule has 0 unspecified atom stereocenters. The van der Waals surface area contributed by atoms with Gasteiger partial charge in [-0.2, -0.15) is 0 Å². The van der Waals surface area contributed by atoms with Crippen LogP contribution in [0.2, 0.25) is 0 Å². The van der Waals surface area contributed by atoms with Crippen LogP contribution in [0.1, 0.15) is 23.2 Å². The number of halogens is 1. The van der Waals surface area contributed by atoms with E-state index in [0.717, 1.165) is 22.0 Å². The zero-order valence-corrected chi connectivity index (χ0v) is 12.0. The number of methoxy groups -OCH3 is 1. The largest absolute Gasteiger partial charge is 0.383 e. The van der Waals surface area contributed by atoms with E-state index < -0.39 is 0 Å². The lowest BCUT2D eigenvalue weighted by atomic mass is 10.2. The number of carbonyl (C=O) groups excluding carboxylic acids is 1. The summed E-state index contributed by atoms with van der Waals surface area (Å²) < 4.78 is 6.16. The Kier molecular flexibility index (Phi) is 4.39. The van der Waals surface area contributed by atoms with E-state index in [2.05, 4.69) is 22.6 Å². The minimum Gasteiger partial charge on any atom is -0.383 e. The number of benzene rings is 1. The van der Waals surface area contributed by atoms with Crippen LogP contribution in [0.5, 0.6) is 0 Å². The van der Waals surface area contributed by atoms with Crippen LogP contribution in [0.25, 0.3) is 0 Å². The average Bonchev–Trinajstić information content (AvgIpc) is 3.14. The highest BCUT2D eigenvalue weighted by Crippen LogP contribution is 2.28. The Morgan fingerprint density at radius 3 is 2.88 bits per heavy atom. The molecular weight excluding hydrogens is 329 g/mol. The zero-order chi connectivity index (χ0) is 12.3. The molecule has 3 nitrogen and oxygen atoms in total. The monoisotopic (exact) mass is 345 g/mol. The third-order valence-corrected chi connectivity index (χ3v) is 3.53. The van der Waals surface area contributed by atoms with Gasteiger partial charge in [-0.25, -0.2) is 0 Å². The third-order valence-electron chi connectivity index (χ3n) is 2.86. The lowest BCUT2D eigenvalue weighted by Gasteiger charge is -2.22. The van der Waals surface area contributed by atoms with Gasteiger partial charge in [0.2, 0.25) is 0 Å². The highest BCUT2D eigenvalue weighted by Gasteiger charge is 2.32. The number of ether oxygens (including phenoxy) is 1. The maximum atomic E-state index is 12.4. The van der Waals surface area contributed by atoms with Crippen molar-refractivity contribution in [2.45, 2.75) is 18.9 Å². The third kappa shape index (κ3) is 3.42. The van der Waals surface area contributed by atoms with Crippen molar-refractivity contribution in [3.63, 3.8) is 0 Å². The van der Waals surface area contributed by atoms with Gasteiger partial charge in [-0.1, -0.05) is 6.07 Å². The molecule has 1 aliphatic carbocycles. The number of rotatable bonds is 5. The van der Waals surface area contributed by atoms with Gasteiger partial charge in [0.25, 0.3) is 5.91 Å². The van der Waals surface area contributed by atoms with Gasteiger partial charge >= 0.3 is 0 Å². The smallest absolute Gasteiger partial charge is 0.254 e. The fraction of sp³-hybridized carbons (Fsp3) is 0.462. The van der Waals surface area contributed by atoms with Gasteiger partial charge in [-0.3, -0.25) is 4.79 Å². The summed E-state index contributed by atoms with van der Waals surface area (Å²) in [4.78, 5) is 14.3. The van der Waals surface area contributed by atoms with E-state index in [9.17, 15) is 4.79 Å². The summed E-state index contributed by atoms with van der Waals surface area (Å²) >= 11 is 2.23. The van der Waals surface area contributed by atoms with Crippen LogP contribution < -0.4 is 0 Å². The van der Waals surface area contributed by atoms with Crippen molar-refractivity contribution in [1.29, 1.82) is 0 Å². The fourth-order valence-electron chi connectivity index (χ4n) is 1.81. The van der Waals surface area contributed by atoms with Crippen molar-refractivity contribution in [1.82, 2.24) is 4.90 Å². The van der Waals surface area contributed by atoms with Crippen LogP contribution in [-0.2, 0) is 4.74 Å². The summed E-state index contributed by atoms with van der Waals surface area (Å²) in [5, 5.41) is 0. The molecule has 4 heteroatoms. The first-order chi connectivity index (χ1) is 8.22. The summed E-state index contributed by atoms with van der Waals surface area (Å²) in [6.45, 7) is 1.29. The van der Waals surface area contributed by atoms with E-state index in [1.165, 1.54) is 0 Å². The van der Waals surface area contributed by atoms with Gasteiger partial charge < -0.3 is 9.64 Å². The molecule has 0 saturated heterocycles. The van der Waals surface area contributed by atoms with Crippen LogP contribution >= 0.6 is 22.6 Å². The first-order valence-electron chi connectivity index (χ1n) is 5.78. The van der Waals surface area contributed by atoms with E-state index in [-0.39, 0.29) is 5.91 Å². The topological polar surface area (TPSA) is 29.5 Å². The van der Waals surface area contributed by atoms with Crippen molar-refractivity contribution in [3.05, 3.63) is 33.4 Å². The second-order valence-electron chi connectivity index (χ2n) is 4.23. The minimum atomic E-state index is 0.128. The van der Waals surface area contributed by atoms with E-state index in [4.69, 9.17) is 4.74 Å². The van der Waals surface area contributed by atoms with E-state index in [0.29, 0.717) is 19.2 Å². The van der Waals surface area contributed by atoms with E-state index in [1.807, 2.05) is 29.2 Å². The molecule has 0 heterocycles. The van der Waals surface area contributed by atoms with Gasteiger partial charge in [-0.05, 0) is 53.6 Å². The number of nitrogens with zero attached hydrogens (tertiary/aromatic N) is 1. The molecule has 1 aliphatic rings. The van der Waals surface area contributed by atoms with Crippen molar-refractivity contribution in [2.24, 2.45) is 0 Å². The standard InChI is InChI=1S/C13H16INO2/c1-17-8-7-15(12-5-6-12)13(16)10-3-2-4-11(14)9-10/h2-4,9,12H,5-8H2,1H3. The highest BCUT2D eigenvalue weighted by molar-refractivity contribution is 14.1. The van der Waals surface area contributed by atoms with Gasteiger partial charge in [0.1, 0.15) is 0 Å². The minimum absolute atomic E-state index is 0.128. The zero-order valence-electron chi connectivity index (χ0n) is 9.86. The summed E-state index contributed by atoms with van der Waals surface area (Å²) in [7, 11) is 1.67. The van der Waals surface area contributed by atoms with E-state index >= 15 is 0 Å². The predicted molar refractivity (Wildman–Crippen MR) is 75.1 cm³/mol. The molecule has 17 heavy (non-hydrogen) atoms. The molecule has 0 atom stereocenters. The molecule has 0 spiro atoms. The Balaban J connectivity index is 2.10. The fourth-order valence-corrected chi connectivity index (χ4v) is 2.36. The molecule has 0 N–H and O–H groups in total. The van der Waals surface area contributed by atoms with Crippen molar-refractivity contribution in [2.75, 3.05) is 20.3 Å². The molecule has 0 radical (unpaired) electrons. The second-order valence-corrected chi connectivity index (χ2v) is 5.48. The highest BCUT2D eigenvalue weighted by atomic mass is 127.